The van der Waals surface area contributed by atoms with Gasteiger partial charge in [-0.25, -0.2) is 0 Å². The molecule has 2 atom stereocenters. The van der Waals surface area contributed by atoms with Crippen molar-refractivity contribution in [2.45, 2.75) is 50.1 Å². The maximum absolute atomic E-state index is 12.3. The van der Waals surface area contributed by atoms with Crippen LogP contribution in [-0.4, -0.2) is 22.9 Å². The van der Waals surface area contributed by atoms with E-state index in [2.05, 4.69) is 26.5 Å². The molecule has 0 N–H and O–H groups in total. The van der Waals surface area contributed by atoms with Gasteiger partial charge in [-0.2, -0.15) is 0 Å². The average molecular weight is 255 g/mol. The molecule has 88 valence electrons. The Hall–Kier alpha value is -0.480. The molecule has 1 aromatic heterocycles. The van der Waals surface area contributed by atoms with E-state index in [1.54, 1.807) is 0 Å². The van der Waals surface area contributed by atoms with Crippen LogP contribution in [0.3, 0.4) is 0 Å². The fraction of sp³-hybridized carbons (Fsp3) is 0.583. The van der Waals surface area contributed by atoms with E-state index >= 15 is 0 Å². The minimum absolute atomic E-state index is 0.171. The van der Waals surface area contributed by atoms with Crippen LogP contribution in [0.2, 0.25) is 0 Å². The fourth-order valence-corrected chi connectivity index (χ4v) is 3.48. The van der Waals surface area contributed by atoms with Crippen molar-refractivity contribution >= 4 is 29.9 Å². The van der Waals surface area contributed by atoms with Gasteiger partial charge in [-0.3, -0.25) is 4.79 Å². The molecule has 0 aliphatic carbocycles. The smallest absolute Gasteiger partial charge is 0.264 e. The number of likely N-dealkylation sites (tertiary alicyclic amines) is 1. The Morgan fingerprint density at radius 2 is 2.06 bits per heavy atom. The van der Waals surface area contributed by atoms with Gasteiger partial charge < -0.3 is 4.90 Å². The lowest BCUT2D eigenvalue weighted by Crippen LogP contribution is -2.47. The highest BCUT2D eigenvalue weighted by Crippen LogP contribution is 2.27. The van der Waals surface area contributed by atoms with E-state index in [9.17, 15) is 4.79 Å². The van der Waals surface area contributed by atoms with Crippen molar-refractivity contribution in [1.29, 1.82) is 0 Å². The van der Waals surface area contributed by atoms with Crippen LogP contribution in [0, 0.1) is 0 Å². The Balaban J connectivity index is 2.19. The number of piperidine rings is 1. The van der Waals surface area contributed by atoms with Gasteiger partial charge in [0.15, 0.2) is 0 Å². The minimum atomic E-state index is 0.171. The van der Waals surface area contributed by atoms with Crippen LogP contribution in [-0.2, 0) is 0 Å². The lowest BCUT2D eigenvalue weighted by Gasteiger charge is -2.38. The van der Waals surface area contributed by atoms with E-state index in [0.29, 0.717) is 12.1 Å². The van der Waals surface area contributed by atoms with Crippen molar-refractivity contribution in [3.8, 4) is 0 Å². The predicted octanol–water partition coefficient (Wildman–Crippen LogP) is 3.44. The quantitative estimate of drug-likeness (QED) is 0.762. The maximum Gasteiger partial charge on any atom is 0.264 e. The van der Waals surface area contributed by atoms with E-state index < -0.39 is 0 Å². The Kier molecular flexibility index (Phi) is 3.60. The zero-order valence-corrected chi connectivity index (χ0v) is 11.4. The van der Waals surface area contributed by atoms with Gasteiger partial charge in [-0.15, -0.1) is 24.0 Å². The molecule has 2 rings (SSSR count). The van der Waals surface area contributed by atoms with Gasteiger partial charge in [0.05, 0.1) is 4.88 Å². The number of hydrogen-bond acceptors (Lipinski definition) is 3. The van der Waals surface area contributed by atoms with Crippen LogP contribution in [0.25, 0.3) is 0 Å². The normalized spacial score (nSPS) is 25.8. The van der Waals surface area contributed by atoms with Crippen LogP contribution in [0.15, 0.2) is 16.3 Å². The van der Waals surface area contributed by atoms with Gasteiger partial charge >= 0.3 is 0 Å². The van der Waals surface area contributed by atoms with Crippen LogP contribution in [0.1, 0.15) is 42.8 Å². The van der Waals surface area contributed by atoms with E-state index in [0.717, 1.165) is 22.6 Å². The van der Waals surface area contributed by atoms with Crippen molar-refractivity contribution in [2.75, 3.05) is 0 Å². The first kappa shape index (κ1) is 12.0. The summed E-state index contributed by atoms with van der Waals surface area (Å²) >= 11 is 5.74. The van der Waals surface area contributed by atoms with Crippen LogP contribution < -0.4 is 0 Å². The minimum Gasteiger partial charge on any atom is -0.333 e. The Morgan fingerprint density at radius 3 is 2.56 bits per heavy atom. The molecular weight excluding hydrogens is 238 g/mol. The first-order valence-corrected chi connectivity index (χ1v) is 7.02. The first-order chi connectivity index (χ1) is 7.59. The Labute approximate surface area is 106 Å². The molecule has 1 aliphatic heterocycles. The van der Waals surface area contributed by atoms with Crippen molar-refractivity contribution in [1.82, 2.24) is 4.90 Å². The summed E-state index contributed by atoms with van der Waals surface area (Å²) in [7, 11) is 0. The third-order valence-corrected chi connectivity index (χ3v) is 4.58. The van der Waals surface area contributed by atoms with Gasteiger partial charge in [0.1, 0.15) is 0 Å². The number of carbonyl (C=O) groups excluding carboxylic acids is 1. The number of thiophene rings is 1. The third-order valence-electron chi connectivity index (χ3n) is 3.22. The average Bonchev–Trinajstić information content (AvgIpc) is 2.64. The molecule has 0 bridgehead atoms. The summed E-state index contributed by atoms with van der Waals surface area (Å²) < 4.78 is 0. The van der Waals surface area contributed by atoms with Gasteiger partial charge in [-0.05, 0) is 39.2 Å². The topological polar surface area (TPSA) is 20.3 Å². The van der Waals surface area contributed by atoms with Gasteiger partial charge in [0.25, 0.3) is 5.91 Å². The Morgan fingerprint density at radius 1 is 1.44 bits per heavy atom. The summed E-state index contributed by atoms with van der Waals surface area (Å²) in [4.78, 5) is 16.1. The highest BCUT2D eigenvalue weighted by atomic mass is 32.1. The van der Waals surface area contributed by atoms with E-state index in [-0.39, 0.29) is 5.91 Å². The van der Waals surface area contributed by atoms with Crippen molar-refractivity contribution in [3.05, 3.63) is 16.3 Å². The highest BCUT2D eigenvalue weighted by Gasteiger charge is 2.30. The largest absolute Gasteiger partial charge is 0.333 e. The van der Waals surface area contributed by atoms with E-state index in [1.807, 2.05) is 16.3 Å². The number of carbonyl (C=O) groups is 1. The lowest BCUT2D eigenvalue weighted by molar-refractivity contribution is 0.0516. The third kappa shape index (κ3) is 2.28. The molecule has 1 saturated heterocycles. The number of amides is 1. The van der Waals surface area contributed by atoms with Gasteiger partial charge in [0, 0.05) is 22.4 Å². The number of hydrogen-bond donors (Lipinski definition) is 1. The molecule has 2 nitrogen and oxygen atoms in total. The van der Waals surface area contributed by atoms with Crippen molar-refractivity contribution in [2.24, 2.45) is 0 Å². The van der Waals surface area contributed by atoms with Gasteiger partial charge in [-0.1, -0.05) is 0 Å². The lowest BCUT2D eigenvalue weighted by atomic mass is 9.97. The molecule has 16 heavy (non-hydrogen) atoms. The summed E-state index contributed by atoms with van der Waals surface area (Å²) in [6.45, 7) is 4.28. The Bertz CT molecular complexity index is 378. The molecule has 0 aromatic carbocycles. The molecule has 1 aliphatic rings. The monoisotopic (exact) mass is 255 g/mol. The van der Waals surface area contributed by atoms with Gasteiger partial charge in [0.2, 0.25) is 0 Å². The summed E-state index contributed by atoms with van der Waals surface area (Å²) in [6.07, 6.45) is 3.47. The SMILES string of the molecule is C[C@@H]1CCC[C@H](C)N1C(=O)c1cc(S)cs1. The molecular formula is C12H17NOS2. The molecule has 1 amide bonds. The fourth-order valence-electron chi connectivity index (χ4n) is 2.39. The molecule has 0 saturated carbocycles. The first-order valence-electron chi connectivity index (χ1n) is 5.69. The van der Waals surface area contributed by atoms with Crippen LogP contribution in [0.4, 0.5) is 0 Å². The molecule has 1 aromatic rings. The molecule has 2 heterocycles. The zero-order valence-electron chi connectivity index (χ0n) is 9.64. The summed E-state index contributed by atoms with van der Waals surface area (Å²) in [5, 5.41) is 1.91. The highest BCUT2D eigenvalue weighted by molar-refractivity contribution is 7.80. The molecule has 4 heteroatoms. The standard InChI is InChI=1S/C12H17NOS2/c1-8-4-3-5-9(2)13(8)12(14)11-6-10(15)7-16-11/h6-9,15H,3-5H2,1-2H3/t8-,9+. The number of nitrogens with zero attached hydrogens (tertiary/aromatic N) is 1. The summed E-state index contributed by atoms with van der Waals surface area (Å²) in [5.41, 5.74) is 0. The second-order valence-electron chi connectivity index (χ2n) is 4.51. The second kappa shape index (κ2) is 4.80. The molecule has 1 fully saturated rings. The van der Waals surface area contributed by atoms with Crippen molar-refractivity contribution in [3.63, 3.8) is 0 Å². The van der Waals surface area contributed by atoms with Crippen LogP contribution in [0.5, 0.6) is 0 Å². The van der Waals surface area contributed by atoms with E-state index in [4.69, 9.17) is 0 Å². The van der Waals surface area contributed by atoms with E-state index in [1.165, 1.54) is 17.8 Å². The zero-order chi connectivity index (χ0) is 11.7. The molecule has 0 spiro atoms. The summed E-state index contributed by atoms with van der Waals surface area (Å²) in [6, 6.07) is 2.59. The maximum atomic E-state index is 12.3. The predicted molar refractivity (Wildman–Crippen MR) is 70.5 cm³/mol. The number of rotatable bonds is 1. The second-order valence-corrected chi connectivity index (χ2v) is 5.94. The molecule has 0 unspecified atom stereocenters. The van der Waals surface area contributed by atoms with Crippen LogP contribution >= 0.6 is 24.0 Å². The molecule has 0 radical (unpaired) electrons. The summed E-state index contributed by atoms with van der Waals surface area (Å²) in [5.74, 6) is 0.171. The number of thiol groups is 1. The van der Waals surface area contributed by atoms with Crippen molar-refractivity contribution < 1.29 is 4.79 Å².